The number of benzene rings is 3. The maximum absolute atomic E-state index is 13.1. The molecule has 0 spiro atoms. The number of amides is 3. The van der Waals surface area contributed by atoms with Crippen molar-refractivity contribution in [3.63, 3.8) is 0 Å². The molecule has 190 valence electrons. The van der Waals surface area contributed by atoms with Crippen LogP contribution in [0.25, 0.3) is 11.1 Å². The summed E-state index contributed by atoms with van der Waals surface area (Å²) >= 11 is 0. The minimum absolute atomic E-state index is 0.162. The molecule has 0 bridgehead atoms. The predicted octanol–water partition coefficient (Wildman–Crippen LogP) is 5.97. The molecule has 0 saturated heterocycles. The Kier molecular flexibility index (Phi) is 8.58. The molecule has 3 rings (SSSR count). The van der Waals surface area contributed by atoms with E-state index in [9.17, 15) is 22.8 Å². The number of carbonyl (C=O) groups is 2. The van der Waals surface area contributed by atoms with E-state index in [4.69, 9.17) is 4.74 Å². The molecule has 0 heterocycles. The normalized spacial score (nSPS) is 11.1. The molecule has 0 radical (unpaired) electrons. The third-order valence-electron chi connectivity index (χ3n) is 5.40. The van der Waals surface area contributed by atoms with Crippen LogP contribution in [-0.2, 0) is 6.18 Å². The van der Waals surface area contributed by atoms with Crippen molar-refractivity contribution >= 4 is 17.6 Å². The number of nitrogens with one attached hydrogen (secondary N) is 2. The van der Waals surface area contributed by atoms with Crippen molar-refractivity contribution in [3.8, 4) is 16.9 Å². The average molecular weight is 500 g/mol. The molecule has 9 heteroatoms. The minimum Gasteiger partial charge on any atom is -0.494 e. The van der Waals surface area contributed by atoms with Crippen molar-refractivity contribution in [3.05, 3.63) is 83.4 Å². The molecular formula is C27H28F3N3O3. The molecule has 0 aliphatic rings. The van der Waals surface area contributed by atoms with E-state index in [2.05, 4.69) is 10.6 Å². The van der Waals surface area contributed by atoms with Crippen LogP contribution in [0.2, 0.25) is 0 Å². The van der Waals surface area contributed by atoms with Crippen molar-refractivity contribution in [1.29, 1.82) is 0 Å². The van der Waals surface area contributed by atoms with E-state index in [1.165, 1.54) is 17.0 Å². The molecule has 0 saturated carbocycles. The quantitative estimate of drug-likeness (QED) is 0.375. The number of anilines is 1. The third kappa shape index (κ3) is 7.00. The highest BCUT2D eigenvalue weighted by Gasteiger charge is 2.30. The number of carbonyl (C=O) groups excluding carboxylic acids is 2. The number of aryl methyl sites for hydroxylation is 1. The molecule has 0 aliphatic heterocycles. The first-order valence-electron chi connectivity index (χ1n) is 11.3. The van der Waals surface area contributed by atoms with E-state index in [-0.39, 0.29) is 11.9 Å². The van der Waals surface area contributed by atoms with E-state index < -0.39 is 11.7 Å². The lowest BCUT2D eigenvalue weighted by molar-refractivity contribution is -0.137. The highest BCUT2D eigenvalue weighted by atomic mass is 19.4. The predicted molar refractivity (Wildman–Crippen MR) is 133 cm³/mol. The van der Waals surface area contributed by atoms with Crippen LogP contribution in [0.15, 0.2) is 66.7 Å². The zero-order chi connectivity index (χ0) is 26.3. The molecule has 36 heavy (non-hydrogen) atoms. The number of alkyl halides is 3. The van der Waals surface area contributed by atoms with Gasteiger partial charge in [-0.25, -0.2) is 4.79 Å². The Bertz CT molecular complexity index is 1190. The van der Waals surface area contributed by atoms with Crippen molar-refractivity contribution in [1.82, 2.24) is 10.2 Å². The second kappa shape index (κ2) is 11.6. The first-order chi connectivity index (χ1) is 17.1. The third-order valence-corrected chi connectivity index (χ3v) is 5.40. The standard InChI is InChI=1S/C27H28F3N3O3/c1-18-6-4-7-23(24(18)19-8-10-20(11-9-19)27(28,29)30)25(34)32-21-12-14-22(15-13-21)36-17-5-16-31-26(35)33(2)3/h4,6-15H,5,16-17H2,1-3H3,(H,31,35)(H,32,34). The van der Waals surface area contributed by atoms with Gasteiger partial charge in [0.05, 0.1) is 12.2 Å². The molecule has 0 fully saturated rings. The van der Waals surface area contributed by atoms with Crippen LogP contribution < -0.4 is 15.4 Å². The van der Waals surface area contributed by atoms with E-state index in [0.29, 0.717) is 47.7 Å². The van der Waals surface area contributed by atoms with Crippen molar-refractivity contribution in [2.24, 2.45) is 0 Å². The lowest BCUT2D eigenvalue weighted by atomic mass is 9.94. The molecular weight excluding hydrogens is 471 g/mol. The molecule has 0 aliphatic carbocycles. The SMILES string of the molecule is Cc1cccc(C(=O)Nc2ccc(OCCCNC(=O)N(C)C)cc2)c1-c1ccc(C(F)(F)F)cc1. The second-order valence-electron chi connectivity index (χ2n) is 8.38. The van der Waals surface area contributed by atoms with Gasteiger partial charge in [0.15, 0.2) is 0 Å². The van der Waals surface area contributed by atoms with Gasteiger partial charge in [-0.2, -0.15) is 13.2 Å². The number of urea groups is 1. The minimum atomic E-state index is -4.43. The van der Waals surface area contributed by atoms with E-state index >= 15 is 0 Å². The summed E-state index contributed by atoms with van der Waals surface area (Å²) in [5.74, 6) is 0.242. The lowest BCUT2D eigenvalue weighted by Crippen LogP contribution is -2.35. The number of nitrogens with zero attached hydrogens (tertiary/aromatic N) is 1. The topological polar surface area (TPSA) is 70.7 Å². The fraction of sp³-hybridized carbons (Fsp3) is 0.259. The van der Waals surface area contributed by atoms with Crippen molar-refractivity contribution in [2.45, 2.75) is 19.5 Å². The highest BCUT2D eigenvalue weighted by Crippen LogP contribution is 2.33. The number of rotatable bonds is 8. The molecule has 3 amide bonds. The van der Waals surface area contributed by atoms with Crippen LogP contribution >= 0.6 is 0 Å². The molecule has 6 nitrogen and oxygen atoms in total. The Labute approximate surface area is 208 Å². The summed E-state index contributed by atoms with van der Waals surface area (Å²) in [5.41, 5.74) is 2.03. The Morgan fingerprint density at radius 2 is 1.61 bits per heavy atom. The van der Waals surface area contributed by atoms with Gasteiger partial charge in [0.2, 0.25) is 0 Å². The number of hydrogen-bond donors (Lipinski definition) is 2. The van der Waals surface area contributed by atoms with Crippen LogP contribution in [0, 0.1) is 6.92 Å². The summed E-state index contributed by atoms with van der Waals surface area (Å²) in [6.07, 6.45) is -3.79. The van der Waals surface area contributed by atoms with Gasteiger partial charge in [0, 0.05) is 31.9 Å². The number of ether oxygens (including phenoxy) is 1. The maximum Gasteiger partial charge on any atom is 0.416 e. The maximum atomic E-state index is 13.1. The Balaban J connectivity index is 1.64. The van der Waals surface area contributed by atoms with Gasteiger partial charge in [0.1, 0.15) is 5.75 Å². The van der Waals surface area contributed by atoms with Gasteiger partial charge in [-0.1, -0.05) is 24.3 Å². The fourth-order valence-corrected chi connectivity index (χ4v) is 3.51. The Morgan fingerprint density at radius 3 is 2.22 bits per heavy atom. The van der Waals surface area contributed by atoms with Gasteiger partial charge >= 0.3 is 12.2 Å². The summed E-state index contributed by atoms with van der Waals surface area (Å²) in [6, 6.07) is 16.6. The fourth-order valence-electron chi connectivity index (χ4n) is 3.51. The summed E-state index contributed by atoms with van der Waals surface area (Å²) in [4.78, 5) is 26.0. The second-order valence-corrected chi connectivity index (χ2v) is 8.38. The first-order valence-corrected chi connectivity index (χ1v) is 11.3. The van der Waals surface area contributed by atoms with Crippen molar-refractivity contribution < 1.29 is 27.5 Å². The average Bonchev–Trinajstić information content (AvgIpc) is 2.84. The van der Waals surface area contributed by atoms with Crippen molar-refractivity contribution in [2.75, 3.05) is 32.6 Å². The molecule has 2 N–H and O–H groups in total. The summed E-state index contributed by atoms with van der Waals surface area (Å²) < 4.78 is 44.5. The largest absolute Gasteiger partial charge is 0.494 e. The number of halogens is 3. The van der Waals surface area contributed by atoms with Crippen LogP contribution in [0.5, 0.6) is 5.75 Å². The summed E-state index contributed by atoms with van der Waals surface area (Å²) in [5, 5.41) is 5.58. The van der Waals surface area contributed by atoms with Crippen LogP contribution in [0.3, 0.4) is 0 Å². The zero-order valence-electron chi connectivity index (χ0n) is 20.3. The van der Waals surface area contributed by atoms with Gasteiger partial charge in [-0.3, -0.25) is 4.79 Å². The van der Waals surface area contributed by atoms with Crippen LogP contribution in [0.4, 0.5) is 23.7 Å². The lowest BCUT2D eigenvalue weighted by Gasteiger charge is -2.15. The molecule has 0 atom stereocenters. The summed E-state index contributed by atoms with van der Waals surface area (Å²) in [6.45, 7) is 2.71. The van der Waals surface area contributed by atoms with E-state index in [0.717, 1.165) is 17.7 Å². The first kappa shape index (κ1) is 26.6. The van der Waals surface area contributed by atoms with Crippen LogP contribution in [-0.4, -0.2) is 44.1 Å². The number of hydrogen-bond acceptors (Lipinski definition) is 3. The Hall–Kier alpha value is -4.01. The van der Waals surface area contributed by atoms with E-state index in [1.54, 1.807) is 50.5 Å². The molecule has 3 aromatic rings. The van der Waals surface area contributed by atoms with Gasteiger partial charge in [0.25, 0.3) is 5.91 Å². The zero-order valence-corrected chi connectivity index (χ0v) is 20.3. The highest BCUT2D eigenvalue weighted by molar-refractivity contribution is 6.09. The van der Waals surface area contributed by atoms with E-state index in [1.807, 2.05) is 13.0 Å². The molecule has 0 unspecified atom stereocenters. The smallest absolute Gasteiger partial charge is 0.416 e. The van der Waals surface area contributed by atoms with Crippen LogP contribution in [0.1, 0.15) is 27.9 Å². The Morgan fingerprint density at radius 1 is 0.944 bits per heavy atom. The van der Waals surface area contributed by atoms with Gasteiger partial charge in [-0.05, 0) is 72.5 Å². The molecule has 0 aromatic heterocycles. The monoisotopic (exact) mass is 499 g/mol. The molecule has 3 aromatic carbocycles. The van der Waals surface area contributed by atoms with Gasteiger partial charge < -0.3 is 20.3 Å². The summed E-state index contributed by atoms with van der Waals surface area (Å²) in [7, 11) is 3.33. The van der Waals surface area contributed by atoms with Gasteiger partial charge in [-0.15, -0.1) is 0 Å².